The fraction of sp³-hybridized carbons (Fsp3) is 0.238. The first-order valence-electron chi connectivity index (χ1n) is 8.77. The second kappa shape index (κ2) is 6.67. The van der Waals surface area contributed by atoms with E-state index in [4.69, 9.17) is 4.42 Å². The third-order valence-electron chi connectivity index (χ3n) is 4.60. The second-order valence-electron chi connectivity index (χ2n) is 6.66. The molecule has 1 saturated carbocycles. The van der Waals surface area contributed by atoms with Gasteiger partial charge in [-0.05, 0) is 49.6 Å². The Morgan fingerprint density at radius 3 is 2.50 bits per heavy atom. The zero-order valence-electron chi connectivity index (χ0n) is 14.6. The third-order valence-corrected chi connectivity index (χ3v) is 4.60. The second-order valence-corrected chi connectivity index (χ2v) is 6.66. The van der Waals surface area contributed by atoms with Gasteiger partial charge in [0.15, 0.2) is 0 Å². The van der Waals surface area contributed by atoms with Crippen molar-refractivity contribution in [2.45, 2.75) is 32.4 Å². The number of carbonyl (C=O) groups excluding carboxylic acids is 1. The first-order valence-corrected chi connectivity index (χ1v) is 8.77. The predicted molar refractivity (Wildman–Crippen MR) is 98.8 cm³/mol. The van der Waals surface area contributed by atoms with E-state index < -0.39 is 0 Å². The first-order chi connectivity index (χ1) is 12.6. The number of H-pyrrole nitrogens is 1. The summed E-state index contributed by atoms with van der Waals surface area (Å²) in [4.78, 5) is 30.1. The topological polar surface area (TPSA) is 66.3 Å². The van der Waals surface area contributed by atoms with Crippen LogP contribution in [0.25, 0.3) is 11.3 Å². The lowest BCUT2D eigenvalue weighted by molar-refractivity contribution is 0.0715. The van der Waals surface area contributed by atoms with E-state index in [0.717, 1.165) is 29.9 Å². The molecule has 3 aromatic rings. The number of amides is 1. The van der Waals surface area contributed by atoms with Crippen molar-refractivity contribution in [2.24, 2.45) is 0 Å². The van der Waals surface area contributed by atoms with Gasteiger partial charge in [0.1, 0.15) is 17.1 Å². The minimum absolute atomic E-state index is 0.167. The summed E-state index contributed by atoms with van der Waals surface area (Å²) in [5.41, 5.74) is 1.41. The van der Waals surface area contributed by atoms with Gasteiger partial charge < -0.3 is 14.3 Å². The molecule has 0 atom stereocenters. The van der Waals surface area contributed by atoms with E-state index in [1.165, 1.54) is 0 Å². The van der Waals surface area contributed by atoms with Crippen molar-refractivity contribution >= 4 is 5.91 Å². The SMILES string of the molecule is Cc1ccc(CN(C(=O)c2ccc(-c3ccccc3)[nH]c2=O)C2CC2)o1. The molecular formula is C21H20N2O3. The summed E-state index contributed by atoms with van der Waals surface area (Å²) in [5, 5.41) is 0. The zero-order chi connectivity index (χ0) is 18.1. The Bertz CT molecular complexity index is 984. The molecule has 0 spiro atoms. The van der Waals surface area contributed by atoms with Crippen LogP contribution in [0.15, 0.2) is 63.8 Å². The van der Waals surface area contributed by atoms with Crippen LogP contribution in [0.3, 0.4) is 0 Å². The molecule has 5 nitrogen and oxygen atoms in total. The van der Waals surface area contributed by atoms with Gasteiger partial charge in [0.25, 0.3) is 11.5 Å². The van der Waals surface area contributed by atoms with Crippen molar-refractivity contribution in [3.8, 4) is 11.3 Å². The molecule has 132 valence electrons. The van der Waals surface area contributed by atoms with Gasteiger partial charge >= 0.3 is 0 Å². The molecule has 0 saturated heterocycles. The summed E-state index contributed by atoms with van der Waals surface area (Å²) in [6.07, 6.45) is 1.93. The normalized spacial score (nSPS) is 13.6. The molecule has 0 unspecified atom stereocenters. The zero-order valence-corrected chi connectivity index (χ0v) is 14.6. The summed E-state index contributed by atoms with van der Waals surface area (Å²) in [7, 11) is 0. The van der Waals surface area contributed by atoms with Crippen LogP contribution < -0.4 is 5.56 Å². The van der Waals surface area contributed by atoms with Crippen molar-refractivity contribution in [3.05, 3.63) is 82.0 Å². The average molecular weight is 348 g/mol. The lowest BCUT2D eigenvalue weighted by Crippen LogP contribution is -2.36. The van der Waals surface area contributed by atoms with E-state index in [-0.39, 0.29) is 23.1 Å². The van der Waals surface area contributed by atoms with Crippen molar-refractivity contribution in [2.75, 3.05) is 0 Å². The van der Waals surface area contributed by atoms with E-state index >= 15 is 0 Å². The van der Waals surface area contributed by atoms with Crippen LogP contribution in [0.1, 0.15) is 34.7 Å². The molecule has 2 heterocycles. The van der Waals surface area contributed by atoms with Gasteiger partial charge in [-0.25, -0.2) is 0 Å². The number of nitrogens with one attached hydrogen (secondary N) is 1. The van der Waals surface area contributed by atoms with Crippen LogP contribution in [0.2, 0.25) is 0 Å². The maximum absolute atomic E-state index is 13.0. The number of nitrogens with zero attached hydrogens (tertiary/aromatic N) is 1. The molecule has 1 aromatic carbocycles. The Balaban J connectivity index is 1.61. The molecule has 0 aliphatic heterocycles. The maximum atomic E-state index is 13.0. The number of hydrogen-bond acceptors (Lipinski definition) is 3. The minimum Gasteiger partial charge on any atom is -0.464 e. The quantitative estimate of drug-likeness (QED) is 0.764. The van der Waals surface area contributed by atoms with Gasteiger partial charge in [0.05, 0.1) is 6.54 Å². The molecule has 1 N–H and O–H groups in total. The molecule has 0 bridgehead atoms. The molecule has 5 heteroatoms. The number of aromatic nitrogens is 1. The van der Waals surface area contributed by atoms with Crippen LogP contribution in [-0.2, 0) is 6.54 Å². The van der Waals surface area contributed by atoms with Crippen LogP contribution >= 0.6 is 0 Å². The molecule has 2 aromatic heterocycles. The van der Waals surface area contributed by atoms with Gasteiger partial charge in [-0.15, -0.1) is 0 Å². The molecule has 1 amide bonds. The Labute approximate surface area is 151 Å². The van der Waals surface area contributed by atoms with E-state index in [1.54, 1.807) is 17.0 Å². The lowest BCUT2D eigenvalue weighted by atomic mass is 10.1. The largest absolute Gasteiger partial charge is 0.464 e. The number of carbonyl (C=O) groups is 1. The van der Waals surface area contributed by atoms with E-state index in [0.29, 0.717) is 12.2 Å². The van der Waals surface area contributed by atoms with Crippen LogP contribution in [0.5, 0.6) is 0 Å². The Hall–Kier alpha value is -3.08. The van der Waals surface area contributed by atoms with Crippen molar-refractivity contribution in [1.29, 1.82) is 0 Å². The van der Waals surface area contributed by atoms with Crippen molar-refractivity contribution in [1.82, 2.24) is 9.88 Å². The van der Waals surface area contributed by atoms with E-state index in [2.05, 4.69) is 4.98 Å². The predicted octanol–water partition coefficient (Wildman–Crippen LogP) is 3.75. The lowest BCUT2D eigenvalue weighted by Gasteiger charge is -2.21. The Kier molecular flexibility index (Phi) is 4.21. The van der Waals surface area contributed by atoms with E-state index in [1.807, 2.05) is 49.4 Å². The summed E-state index contributed by atoms with van der Waals surface area (Å²) in [5.74, 6) is 1.30. The summed E-state index contributed by atoms with van der Waals surface area (Å²) >= 11 is 0. The number of furan rings is 1. The monoisotopic (exact) mass is 348 g/mol. The van der Waals surface area contributed by atoms with E-state index in [9.17, 15) is 9.59 Å². The van der Waals surface area contributed by atoms with Gasteiger partial charge in [-0.3, -0.25) is 9.59 Å². The van der Waals surface area contributed by atoms with Crippen molar-refractivity contribution in [3.63, 3.8) is 0 Å². The summed E-state index contributed by atoms with van der Waals surface area (Å²) in [6, 6.07) is 16.9. The third kappa shape index (κ3) is 3.33. The number of hydrogen-bond donors (Lipinski definition) is 1. The standard InChI is InChI=1S/C21H20N2O3/c1-14-7-10-17(26-14)13-23(16-8-9-16)21(25)18-11-12-19(22-20(18)24)15-5-3-2-4-6-15/h2-7,10-12,16H,8-9,13H2,1H3,(H,22,24). The molecular weight excluding hydrogens is 328 g/mol. The highest BCUT2D eigenvalue weighted by molar-refractivity contribution is 5.94. The number of aromatic amines is 1. The molecule has 1 aliphatic rings. The van der Waals surface area contributed by atoms with Gasteiger partial charge in [0, 0.05) is 11.7 Å². The van der Waals surface area contributed by atoms with Gasteiger partial charge in [-0.1, -0.05) is 30.3 Å². The highest BCUT2D eigenvalue weighted by Gasteiger charge is 2.34. The number of benzene rings is 1. The Morgan fingerprint density at radius 2 is 1.88 bits per heavy atom. The Morgan fingerprint density at radius 1 is 1.12 bits per heavy atom. The van der Waals surface area contributed by atoms with Crippen LogP contribution in [-0.4, -0.2) is 21.8 Å². The first kappa shape index (κ1) is 16.4. The molecule has 0 radical (unpaired) electrons. The summed E-state index contributed by atoms with van der Waals surface area (Å²) in [6.45, 7) is 2.26. The maximum Gasteiger partial charge on any atom is 0.261 e. The average Bonchev–Trinajstić information content (AvgIpc) is 3.41. The summed E-state index contributed by atoms with van der Waals surface area (Å²) < 4.78 is 5.61. The molecule has 1 fully saturated rings. The van der Waals surface area contributed by atoms with Crippen molar-refractivity contribution < 1.29 is 9.21 Å². The van der Waals surface area contributed by atoms with Crippen LogP contribution in [0.4, 0.5) is 0 Å². The highest BCUT2D eigenvalue weighted by Crippen LogP contribution is 2.30. The molecule has 4 rings (SSSR count). The van der Waals surface area contributed by atoms with Crippen LogP contribution in [0, 0.1) is 6.92 Å². The fourth-order valence-electron chi connectivity index (χ4n) is 3.07. The smallest absolute Gasteiger partial charge is 0.261 e. The van der Waals surface area contributed by atoms with Gasteiger partial charge in [-0.2, -0.15) is 0 Å². The molecule has 26 heavy (non-hydrogen) atoms. The number of aryl methyl sites for hydroxylation is 1. The number of pyridine rings is 1. The fourth-order valence-corrected chi connectivity index (χ4v) is 3.07. The minimum atomic E-state index is -0.363. The molecule has 1 aliphatic carbocycles. The van der Waals surface area contributed by atoms with Gasteiger partial charge in [0.2, 0.25) is 0 Å². The number of rotatable bonds is 5. The highest BCUT2D eigenvalue weighted by atomic mass is 16.3.